The molecule has 0 radical (unpaired) electrons. The summed E-state index contributed by atoms with van der Waals surface area (Å²) in [5, 5.41) is 2.84. The Morgan fingerprint density at radius 3 is 2.33 bits per heavy atom. The fourth-order valence-corrected chi connectivity index (χ4v) is 4.98. The van der Waals surface area contributed by atoms with Crippen molar-refractivity contribution in [3.63, 3.8) is 0 Å². The minimum Gasteiger partial charge on any atom is -0.497 e. The topological polar surface area (TPSA) is 79.0 Å². The lowest BCUT2D eigenvalue weighted by atomic mass is 10.1. The second-order valence-electron chi connectivity index (χ2n) is 7.65. The zero-order chi connectivity index (χ0) is 24.1. The number of carbonyl (C=O) groups is 1. The number of nitrogens with one attached hydrogen (secondary N) is 1. The third kappa shape index (κ3) is 6.68. The van der Waals surface area contributed by atoms with Crippen LogP contribution in [0.5, 0.6) is 5.75 Å². The van der Waals surface area contributed by atoms with Gasteiger partial charge < -0.3 is 10.1 Å². The number of hydrogen-bond donors (Lipinski definition) is 1. The van der Waals surface area contributed by atoms with Gasteiger partial charge in [0.15, 0.2) is 0 Å². The summed E-state index contributed by atoms with van der Waals surface area (Å²) in [7, 11) is -2.46. The average Bonchev–Trinajstić information content (AvgIpc) is 2.79. The Labute approximate surface area is 191 Å². The third-order valence-electron chi connectivity index (χ3n) is 5.39. The monoisotopic (exact) mass is 485 g/mol. The molecule has 2 aromatic rings. The number of nitrogens with zero attached hydrogens (tertiary/aromatic N) is 2. The lowest BCUT2D eigenvalue weighted by Gasteiger charge is -2.33. The molecule has 0 unspecified atom stereocenters. The van der Waals surface area contributed by atoms with Crippen molar-refractivity contribution in [3.05, 3.63) is 59.7 Å². The predicted molar refractivity (Wildman–Crippen MR) is 116 cm³/mol. The van der Waals surface area contributed by atoms with Crippen molar-refractivity contribution in [1.29, 1.82) is 0 Å². The van der Waals surface area contributed by atoms with E-state index in [2.05, 4.69) is 5.32 Å². The van der Waals surface area contributed by atoms with Crippen LogP contribution in [0.3, 0.4) is 0 Å². The van der Waals surface area contributed by atoms with Crippen LogP contribution in [0.25, 0.3) is 0 Å². The molecule has 0 aromatic heterocycles. The molecule has 33 heavy (non-hydrogen) atoms. The zero-order valence-electron chi connectivity index (χ0n) is 18.1. The SMILES string of the molecule is COc1ccc(CCNC(=O)CN2CCN(S(=O)(=O)c3cccc(C(F)(F)F)c3)CC2)cc1. The standard InChI is InChI=1S/C22H26F3N3O4S/c1-32-19-7-5-17(6-8-19)9-10-26-21(29)16-27-11-13-28(14-12-27)33(30,31)20-4-2-3-18(15-20)22(23,24)25/h2-8,15H,9-14,16H2,1H3,(H,26,29). The number of amides is 1. The molecule has 2 aromatic carbocycles. The van der Waals surface area contributed by atoms with Gasteiger partial charge in [0.2, 0.25) is 15.9 Å². The van der Waals surface area contributed by atoms with Crippen molar-refractivity contribution in [1.82, 2.24) is 14.5 Å². The quantitative estimate of drug-likeness (QED) is 0.621. The van der Waals surface area contributed by atoms with Crippen LogP contribution in [-0.2, 0) is 27.4 Å². The van der Waals surface area contributed by atoms with Crippen LogP contribution in [0.15, 0.2) is 53.4 Å². The van der Waals surface area contributed by atoms with E-state index >= 15 is 0 Å². The molecule has 1 amide bonds. The number of benzene rings is 2. The fourth-order valence-electron chi connectivity index (χ4n) is 3.51. The summed E-state index contributed by atoms with van der Waals surface area (Å²) in [4.78, 5) is 13.7. The molecular formula is C22H26F3N3O4S. The Kier molecular flexibility index (Phi) is 7.98. The van der Waals surface area contributed by atoms with Gasteiger partial charge >= 0.3 is 6.18 Å². The first-order chi connectivity index (χ1) is 15.6. The molecule has 3 rings (SSSR count). The Bertz CT molecular complexity index is 1050. The Balaban J connectivity index is 1.46. The summed E-state index contributed by atoms with van der Waals surface area (Å²) in [6.45, 7) is 1.40. The first kappa shape index (κ1) is 25.0. The number of halogens is 3. The number of piperazine rings is 1. The van der Waals surface area contributed by atoms with Gasteiger partial charge in [0.25, 0.3) is 0 Å². The minimum atomic E-state index is -4.62. The maximum absolute atomic E-state index is 12.9. The van der Waals surface area contributed by atoms with Crippen molar-refractivity contribution < 1.29 is 31.1 Å². The van der Waals surface area contributed by atoms with Gasteiger partial charge in [0.05, 0.1) is 24.1 Å². The highest BCUT2D eigenvalue weighted by molar-refractivity contribution is 7.89. The van der Waals surface area contributed by atoms with Crippen molar-refractivity contribution >= 4 is 15.9 Å². The number of alkyl halides is 3. The van der Waals surface area contributed by atoms with Gasteiger partial charge in [-0.3, -0.25) is 9.69 Å². The largest absolute Gasteiger partial charge is 0.497 e. The van der Waals surface area contributed by atoms with E-state index < -0.39 is 21.8 Å². The van der Waals surface area contributed by atoms with E-state index in [4.69, 9.17) is 4.74 Å². The number of sulfonamides is 1. The molecule has 1 saturated heterocycles. The highest BCUT2D eigenvalue weighted by atomic mass is 32.2. The lowest BCUT2D eigenvalue weighted by molar-refractivity contribution is -0.137. The predicted octanol–water partition coefficient (Wildman–Crippen LogP) is 2.38. The van der Waals surface area contributed by atoms with E-state index in [1.54, 1.807) is 7.11 Å². The number of carbonyl (C=O) groups excluding carboxylic acids is 1. The summed E-state index contributed by atoms with van der Waals surface area (Å²) in [6, 6.07) is 11.3. The molecule has 1 fully saturated rings. The Hall–Kier alpha value is -2.63. The maximum atomic E-state index is 12.9. The average molecular weight is 486 g/mol. The lowest BCUT2D eigenvalue weighted by Crippen LogP contribution is -2.51. The van der Waals surface area contributed by atoms with Crippen molar-refractivity contribution in [3.8, 4) is 5.75 Å². The molecule has 0 saturated carbocycles. The summed E-state index contributed by atoms with van der Waals surface area (Å²) < 4.78 is 70.6. The second kappa shape index (κ2) is 10.5. The molecule has 1 aliphatic rings. The smallest absolute Gasteiger partial charge is 0.416 e. The Morgan fingerprint density at radius 1 is 1.06 bits per heavy atom. The van der Waals surface area contributed by atoms with Gasteiger partial charge in [-0.05, 0) is 42.3 Å². The minimum absolute atomic E-state index is 0.0949. The molecule has 1 heterocycles. The van der Waals surface area contributed by atoms with Crippen LogP contribution in [0.4, 0.5) is 13.2 Å². The van der Waals surface area contributed by atoms with Crippen LogP contribution < -0.4 is 10.1 Å². The summed E-state index contributed by atoms with van der Waals surface area (Å²) in [5.74, 6) is 0.592. The van der Waals surface area contributed by atoms with E-state index in [-0.39, 0.29) is 30.4 Å². The number of methoxy groups -OCH3 is 1. The van der Waals surface area contributed by atoms with Crippen LogP contribution in [0.1, 0.15) is 11.1 Å². The van der Waals surface area contributed by atoms with Gasteiger partial charge in [0.1, 0.15) is 5.75 Å². The van der Waals surface area contributed by atoms with Gasteiger partial charge in [0, 0.05) is 32.7 Å². The first-order valence-electron chi connectivity index (χ1n) is 10.4. The van der Waals surface area contributed by atoms with Crippen LogP contribution >= 0.6 is 0 Å². The third-order valence-corrected chi connectivity index (χ3v) is 7.29. The van der Waals surface area contributed by atoms with E-state index in [9.17, 15) is 26.4 Å². The number of rotatable bonds is 8. The molecule has 7 nitrogen and oxygen atoms in total. The van der Waals surface area contributed by atoms with E-state index in [1.165, 1.54) is 0 Å². The first-order valence-corrected chi connectivity index (χ1v) is 11.8. The molecule has 0 bridgehead atoms. The molecule has 0 atom stereocenters. The normalized spacial score (nSPS) is 15.9. The summed E-state index contributed by atoms with van der Waals surface area (Å²) >= 11 is 0. The Morgan fingerprint density at radius 2 is 1.73 bits per heavy atom. The van der Waals surface area contributed by atoms with Crippen LogP contribution in [0.2, 0.25) is 0 Å². The van der Waals surface area contributed by atoms with E-state index in [0.717, 1.165) is 33.8 Å². The molecule has 0 aliphatic carbocycles. The zero-order valence-corrected chi connectivity index (χ0v) is 19.0. The molecule has 11 heteroatoms. The highest BCUT2D eigenvalue weighted by Crippen LogP contribution is 2.31. The van der Waals surface area contributed by atoms with Gasteiger partial charge in [-0.25, -0.2) is 8.42 Å². The molecule has 180 valence electrons. The summed E-state index contributed by atoms with van der Waals surface area (Å²) in [6.07, 6.45) is -3.95. The van der Waals surface area contributed by atoms with E-state index in [1.807, 2.05) is 29.2 Å². The molecule has 1 aliphatic heterocycles. The molecule has 1 N–H and O–H groups in total. The number of ether oxygens (including phenoxy) is 1. The van der Waals surface area contributed by atoms with E-state index in [0.29, 0.717) is 32.1 Å². The molecule has 0 spiro atoms. The fraction of sp³-hybridized carbons (Fsp3) is 0.409. The van der Waals surface area contributed by atoms with Crippen molar-refractivity contribution in [2.45, 2.75) is 17.5 Å². The van der Waals surface area contributed by atoms with Crippen LogP contribution in [0, 0.1) is 0 Å². The van der Waals surface area contributed by atoms with Crippen molar-refractivity contribution in [2.75, 3.05) is 46.4 Å². The van der Waals surface area contributed by atoms with Crippen molar-refractivity contribution in [2.24, 2.45) is 0 Å². The molecular weight excluding hydrogens is 459 g/mol. The van der Waals surface area contributed by atoms with Crippen LogP contribution in [-0.4, -0.2) is 69.9 Å². The number of hydrogen-bond acceptors (Lipinski definition) is 5. The maximum Gasteiger partial charge on any atom is 0.416 e. The summed E-state index contributed by atoms with van der Waals surface area (Å²) in [5.41, 5.74) is 0.0537. The second-order valence-corrected chi connectivity index (χ2v) is 9.59. The highest BCUT2D eigenvalue weighted by Gasteiger charge is 2.34. The van der Waals surface area contributed by atoms with Gasteiger partial charge in [-0.1, -0.05) is 18.2 Å². The van der Waals surface area contributed by atoms with Gasteiger partial charge in [-0.2, -0.15) is 17.5 Å². The van der Waals surface area contributed by atoms with Gasteiger partial charge in [-0.15, -0.1) is 0 Å².